The first-order valence-corrected chi connectivity index (χ1v) is 10.2. The first-order chi connectivity index (χ1) is 14.0. The maximum Gasteiger partial charge on any atom is 0.224 e. The highest BCUT2D eigenvalue weighted by molar-refractivity contribution is 5.79. The number of hydrogen-bond acceptors (Lipinski definition) is 6. The van der Waals surface area contributed by atoms with Gasteiger partial charge in [0.2, 0.25) is 5.91 Å². The van der Waals surface area contributed by atoms with Crippen LogP contribution in [0.25, 0.3) is 0 Å². The van der Waals surface area contributed by atoms with Crippen LogP contribution >= 0.6 is 0 Å². The van der Waals surface area contributed by atoms with Gasteiger partial charge in [-0.15, -0.1) is 0 Å². The monoisotopic (exact) mass is 396 g/mol. The first-order valence-electron chi connectivity index (χ1n) is 10.2. The molecule has 0 unspecified atom stereocenters. The zero-order valence-corrected chi connectivity index (χ0v) is 16.8. The fourth-order valence-corrected chi connectivity index (χ4v) is 4.52. The molecule has 4 rings (SSSR count). The third-order valence-corrected chi connectivity index (χ3v) is 6.23. The summed E-state index contributed by atoms with van der Waals surface area (Å²) in [6.07, 6.45) is 6.57. The summed E-state index contributed by atoms with van der Waals surface area (Å²) in [4.78, 5) is 23.3. The van der Waals surface area contributed by atoms with E-state index in [0.717, 1.165) is 24.5 Å². The van der Waals surface area contributed by atoms with Crippen LogP contribution < -0.4 is 10.2 Å². The summed E-state index contributed by atoms with van der Waals surface area (Å²) in [5.41, 5.74) is -0.396. The third kappa shape index (κ3) is 4.11. The SMILES string of the molecule is C[C@]1(NC(=O)Cc2ccccc2)CCOC2(CCN(c3cnccn3)CC2)[C@@H]1O. The van der Waals surface area contributed by atoms with Gasteiger partial charge in [0.15, 0.2) is 0 Å². The molecule has 1 spiro atoms. The Morgan fingerprint density at radius 1 is 1.24 bits per heavy atom. The number of aliphatic hydroxyl groups excluding tert-OH is 1. The number of anilines is 1. The lowest BCUT2D eigenvalue weighted by Crippen LogP contribution is -2.69. The average molecular weight is 396 g/mol. The van der Waals surface area contributed by atoms with Gasteiger partial charge in [0.25, 0.3) is 0 Å². The van der Waals surface area contributed by atoms with E-state index >= 15 is 0 Å². The van der Waals surface area contributed by atoms with E-state index in [0.29, 0.717) is 32.3 Å². The molecule has 2 saturated heterocycles. The van der Waals surface area contributed by atoms with Gasteiger partial charge < -0.3 is 20.1 Å². The van der Waals surface area contributed by atoms with Crippen LogP contribution in [-0.4, -0.2) is 57.9 Å². The van der Waals surface area contributed by atoms with E-state index in [9.17, 15) is 9.90 Å². The summed E-state index contributed by atoms with van der Waals surface area (Å²) in [6, 6.07) is 9.65. The number of carbonyl (C=O) groups excluding carboxylic acids is 1. The van der Waals surface area contributed by atoms with E-state index in [1.54, 1.807) is 18.6 Å². The van der Waals surface area contributed by atoms with Gasteiger partial charge in [0.05, 0.1) is 23.8 Å². The van der Waals surface area contributed by atoms with Gasteiger partial charge in [-0.1, -0.05) is 30.3 Å². The second-order valence-corrected chi connectivity index (χ2v) is 8.24. The number of amides is 1. The van der Waals surface area contributed by atoms with Gasteiger partial charge in [-0.25, -0.2) is 4.98 Å². The third-order valence-electron chi connectivity index (χ3n) is 6.23. The van der Waals surface area contributed by atoms with Gasteiger partial charge in [-0.2, -0.15) is 0 Å². The zero-order chi connectivity index (χ0) is 20.3. The molecule has 2 aromatic rings. The molecule has 2 aliphatic rings. The standard InChI is InChI=1S/C22H28N4O3/c1-21(25-19(27)15-17-5-3-2-4-6-17)9-14-29-22(20(21)28)7-12-26(13-8-22)18-16-23-10-11-24-18/h2-6,10-11,16,20,28H,7-9,12-15H2,1H3,(H,25,27)/t20-,21+/m1/s1. The minimum Gasteiger partial charge on any atom is -0.388 e. The lowest BCUT2D eigenvalue weighted by molar-refractivity contribution is -0.198. The minimum atomic E-state index is -0.771. The molecule has 1 amide bonds. The van der Waals surface area contributed by atoms with E-state index in [2.05, 4.69) is 20.2 Å². The van der Waals surface area contributed by atoms with Crippen molar-refractivity contribution in [3.8, 4) is 0 Å². The number of benzene rings is 1. The van der Waals surface area contributed by atoms with Crippen molar-refractivity contribution in [1.82, 2.24) is 15.3 Å². The number of rotatable bonds is 4. The van der Waals surface area contributed by atoms with Crippen LogP contribution in [0.5, 0.6) is 0 Å². The molecular weight excluding hydrogens is 368 g/mol. The fraction of sp³-hybridized carbons (Fsp3) is 0.500. The van der Waals surface area contributed by atoms with E-state index in [1.807, 2.05) is 37.3 Å². The molecular formula is C22H28N4O3. The molecule has 29 heavy (non-hydrogen) atoms. The Labute approximate surface area is 171 Å². The molecule has 0 saturated carbocycles. The number of nitrogens with zero attached hydrogens (tertiary/aromatic N) is 3. The van der Waals surface area contributed by atoms with E-state index < -0.39 is 17.2 Å². The predicted molar refractivity (Wildman–Crippen MR) is 109 cm³/mol. The van der Waals surface area contributed by atoms with E-state index in [4.69, 9.17) is 4.74 Å². The number of hydrogen-bond donors (Lipinski definition) is 2. The van der Waals surface area contributed by atoms with Crippen molar-refractivity contribution in [1.29, 1.82) is 0 Å². The van der Waals surface area contributed by atoms with Crippen molar-refractivity contribution in [2.75, 3.05) is 24.6 Å². The van der Waals surface area contributed by atoms with Gasteiger partial charge in [0.1, 0.15) is 11.9 Å². The van der Waals surface area contributed by atoms with Crippen molar-refractivity contribution in [3.63, 3.8) is 0 Å². The molecule has 2 aliphatic heterocycles. The summed E-state index contributed by atoms with van der Waals surface area (Å²) in [5, 5.41) is 14.4. The van der Waals surface area contributed by atoms with Crippen LogP contribution in [0.4, 0.5) is 5.82 Å². The summed E-state index contributed by atoms with van der Waals surface area (Å²) in [7, 11) is 0. The molecule has 1 aromatic carbocycles. The fourth-order valence-electron chi connectivity index (χ4n) is 4.52. The van der Waals surface area contributed by atoms with Crippen molar-refractivity contribution >= 4 is 11.7 Å². The summed E-state index contributed by atoms with van der Waals surface area (Å²) < 4.78 is 6.13. The molecule has 2 N–H and O–H groups in total. The maximum absolute atomic E-state index is 12.7. The van der Waals surface area contributed by atoms with Crippen LogP contribution in [0.2, 0.25) is 0 Å². The molecule has 7 nitrogen and oxygen atoms in total. The quantitative estimate of drug-likeness (QED) is 0.818. The van der Waals surface area contributed by atoms with Gasteiger partial charge in [-0.05, 0) is 31.7 Å². The second kappa shape index (κ2) is 8.08. The van der Waals surface area contributed by atoms with Crippen LogP contribution in [0.15, 0.2) is 48.9 Å². The van der Waals surface area contributed by atoms with E-state index in [-0.39, 0.29) is 5.91 Å². The number of aliphatic hydroxyl groups is 1. The lowest BCUT2D eigenvalue weighted by Gasteiger charge is -2.53. The van der Waals surface area contributed by atoms with E-state index in [1.165, 1.54) is 0 Å². The highest BCUT2D eigenvalue weighted by Gasteiger charge is 2.53. The minimum absolute atomic E-state index is 0.0770. The van der Waals surface area contributed by atoms with Gasteiger partial charge >= 0.3 is 0 Å². The van der Waals surface area contributed by atoms with Gasteiger partial charge in [-0.3, -0.25) is 9.78 Å². The van der Waals surface area contributed by atoms with Crippen LogP contribution in [0.3, 0.4) is 0 Å². The summed E-state index contributed by atoms with van der Waals surface area (Å²) in [5.74, 6) is 0.762. The number of ether oxygens (including phenoxy) is 1. The molecule has 0 bridgehead atoms. The second-order valence-electron chi connectivity index (χ2n) is 8.24. The number of aromatic nitrogens is 2. The molecule has 2 fully saturated rings. The Balaban J connectivity index is 1.42. The van der Waals surface area contributed by atoms with Gasteiger partial charge in [0, 0.05) is 32.1 Å². The molecule has 2 atom stereocenters. The smallest absolute Gasteiger partial charge is 0.224 e. The first kappa shape index (κ1) is 19.8. The molecule has 7 heteroatoms. The Kier molecular flexibility index (Phi) is 5.52. The van der Waals surface area contributed by atoms with Crippen molar-refractivity contribution in [3.05, 3.63) is 54.5 Å². The Bertz CT molecular complexity index is 824. The largest absolute Gasteiger partial charge is 0.388 e. The number of carbonyl (C=O) groups is 1. The van der Waals surface area contributed by atoms with Crippen LogP contribution in [0, 0.1) is 0 Å². The van der Waals surface area contributed by atoms with Crippen molar-refractivity contribution < 1.29 is 14.6 Å². The topological polar surface area (TPSA) is 87.6 Å². The van der Waals surface area contributed by atoms with Crippen LogP contribution in [0.1, 0.15) is 31.7 Å². The molecule has 0 radical (unpaired) electrons. The highest BCUT2D eigenvalue weighted by atomic mass is 16.5. The Morgan fingerprint density at radius 3 is 2.69 bits per heavy atom. The average Bonchev–Trinajstić information content (AvgIpc) is 2.74. The Morgan fingerprint density at radius 2 is 2.00 bits per heavy atom. The van der Waals surface area contributed by atoms with Crippen molar-refractivity contribution in [2.45, 2.75) is 49.9 Å². The maximum atomic E-state index is 12.7. The lowest BCUT2D eigenvalue weighted by atomic mass is 9.73. The number of piperidine rings is 1. The molecule has 154 valence electrons. The molecule has 3 heterocycles. The zero-order valence-electron chi connectivity index (χ0n) is 16.8. The summed E-state index contributed by atoms with van der Waals surface area (Å²) in [6.45, 7) is 3.90. The highest BCUT2D eigenvalue weighted by Crippen LogP contribution is 2.40. The number of nitrogens with one attached hydrogen (secondary N) is 1. The van der Waals surface area contributed by atoms with Crippen molar-refractivity contribution in [2.24, 2.45) is 0 Å². The molecule has 0 aliphatic carbocycles. The molecule has 1 aromatic heterocycles. The normalized spacial score (nSPS) is 26.3. The summed E-state index contributed by atoms with van der Waals surface area (Å²) >= 11 is 0. The predicted octanol–water partition coefficient (Wildman–Crippen LogP) is 1.71. The van der Waals surface area contributed by atoms with Crippen LogP contribution in [-0.2, 0) is 16.0 Å². The Hall–Kier alpha value is -2.51.